The van der Waals surface area contributed by atoms with E-state index < -0.39 is 6.09 Å². The van der Waals surface area contributed by atoms with Crippen LogP contribution in [0.5, 0.6) is 5.88 Å². The van der Waals surface area contributed by atoms with Crippen LogP contribution in [-0.4, -0.2) is 22.3 Å². The molecule has 1 fully saturated rings. The maximum Gasteiger partial charge on any atom is 0.414 e. The third kappa shape index (κ3) is 2.97. The predicted molar refractivity (Wildman–Crippen MR) is 54.6 cm³/mol. The van der Waals surface area contributed by atoms with Crippen molar-refractivity contribution in [3.8, 4) is 5.88 Å². The molecule has 5 heteroatoms. The summed E-state index contributed by atoms with van der Waals surface area (Å²) in [6.07, 6.45) is 6.48. The van der Waals surface area contributed by atoms with E-state index in [1.807, 2.05) is 0 Å². The smallest absolute Gasteiger partial charge is 0.392 e. The Balaban J connectivity index is 1.82. The molecule has 0 unspecified atom stereocenters. The highest BCUT2D eigenvalue weighted by molar-refractivity contribution is 5.70. The first-order valence-corrected chi connectivity index (χ1v) is 5.27. The molecular formula is C10H15N3O2. The number of amides is 1. The predicted octanol–water partition coefficient (Wildman–Crippen LogP) is 1.83. The molecule has 1 amide bonds. The average molecular weight is 210 g/mol. The summed E-state index contributed by atoms with van der Waals surface area (Å²) in [7, 11) is 0. The molecule has 0 spiro atoms. The Morgan fingerprint density at radius 2 is 2.40 bits per heavy atom. The highest BCUT2D eigenvalue weighted by Crippen LogP contribution is 2.17. The van der Waals surface area contributed by atoms with Crippen LogP contribution in [0.2, 0.25) is 1.41 Å². The molecule has 1 aromatic rings. The monoisotopic (exact) mass is 210 g/mol. The number of nitrogens with one attached hydrogen (secondary N) is 2. The summed E-state index contributed by atoms with van der Waals surface area (Å²) in [5.41, 5.74) is 0. The quantitative estimate of drug-likeness (QED) is 0.782. The Morgan fingerprint density at radius 1 is 1.60 bits per heavy atom. The summed E-state index contributed by atoms with van der Waals surface area (Å²) < 4.78 is 12.2. The van der Waals surface area contributed by atoms with Crippen LogP contribution in [0.3, 0.4) is 0 Å². The minimum atomic E-state index is -0.499. The van der Waals surface area contributed by atoms with Gasteiger partial charge in [0.25, 0.3) is 0 Å². The van der Waals surface area contributed by atoms with Gasteiger partial charge in [-0.3, -0.25) is 0 Å². The molecule has 0 aliphatic heterocycles. The molecule has 1 heterocycles. The van der Waals surface area contributed by atoms with Gasteiger partial charge >= 0.3 is 6.09 Å². The van der Waals surface area contributed by atoms with E-state index >= 15 is 0 Å². The third-order valence-corrected chi connectivity index (χ3v) is 2.56. The van der Waals surface area contributed by atoms with E-state index in [-0.39, 0.29) is 11.9 Å². The number of H-pyrrole nitrogens is 1. The van der Waals surface area contributed by atoms with Crippen LogP contribution in [-0.2, 0) is 0 Å². The fourth-order valence-electron chi connectivity index (χ4n) is 1.81. The van der Waals surface area contributed by atoms with Crippen molar-refractivity contribution < 1.29 is 10.9 Å². The molecule has 0 saturated heterocycles. The lowest BCUT2D eigenvalue weighted by molar-refractivity contribution is 0.190. The van der Waals surface area contributed by atoms with Crippen molar-refractivity contribution in [2.24, 2.45) is 0 Å². The van der Waals surface area contributed by atoms with Crippen LogP contribution in [0.4, 0.5) is 4.79 Å². The van der Waals surface area contributed by atoms with E-state index in [2.05, 4.69) is 10.4 Å². The van der Waals surface area contributed by atoms with Crippen LogP contribution in [0, 0.1) is 0 Å². The SMILES string of the molecule is [2H]n1nccc1OC(=O)NC1CCCCC1. The number of aromatic amines is 1. The fourth-order valence-corrected chi connectivity index (χ4v) is 1.81. The second-order valence-electron chi connectivity index (χ2n) is 3.74. The zero-order valence-electron chi connectivity index (χ0n) is 9.48. The number of carbonyl (C=O) groups excluding carboxylic acids is 1. The van der Waals surface area contributed by atoms with E-state index in [0.717, 1.165) is 30.8 Å². The molecule has 1 saturated carbocycles. The van der Waals surface area contributed by atoms with E-state index in [1.54, 1.807) is 0 Å². The van der Waals surface area contributed by atoms with E-state index in [0.29, 0.717) is 0 Å². The van der Waals surface area contributed by atoms with E-state index in [1.165, 1.54) is 18.7 Å². The van der Waals surface area contributed by atoms with Crippen LogP contribution >= 0.6 is 0 Å². The summed E-state index contributed by atoms with van der Waals surface area (Å²) in [4.78, 5) is 11.5. The number of rotatable bonds is 2. The van der Waals surface area contributed by atoms with Crippen LogP contribution in [0.15, 0.2) is 12.3 Å². The van der Waals surface area contributed by atoms with Gasteiger partial charge in [0.15, 0.2) is 1.41 Å². The number of hydrogen-bond acceptors (Lipinski definition) is 3. The molecule has 2 rings (SSSR count). The van der Waals surface area contributed by atoms with Gasteiger partial charge in [-0.1, -0.05) is 19.3 Å². The van der Waals surface area contributed by atoms with Gasteiger partial charge in [0.1, 0.15) is 0 Å². The van der Waals surface area contributed by atoms with Crippen molar-refractivity contribution in [2.75, 3.05) is 0 Å². The molecule has 0 atom stereocenters. The maximum atomic E-state index is 11.5. The van der Waals surface area contributed by atoms with E-state index in [4.69, 9.17) is 6.15 Å². The van der Waals surface area contributed by atoms with Crippen molar-refractivity contribution in [1.82, 2.24) is 15.5 Å². The Bertz CT molecular complexity index is 361. The molecular weight excluding hydrogens is 194 g/mol. The summed E-state index contributed by atoms with van der Waals surface area (Å²) >= 11 is 0. The minimum Gasteiger partial charge on any atom is -0.392 e. The molecule has 1 aromatic heterocycles. The zero-order chi connectivity index (χ0) is 11.4. The Hall–Kier alpha value is -1.52. The molecule has 0 radical (unpaired) electrons. The summed E-state index contributed by atoms with van der Waals surface area (Å²) in [5.74, 6) is 0.133. The highest BCUT2D eigenvalue weighted by atomic mass is 16.6. The molecule has 0 bridgehead atoms. The largest absolute Gasteiger partial charge is 0.414 e. The van der Waals surface area contributed by atoms with Crippen molar-refractivity contribution in [1.29, 1.82) is 0 Å². The van der Waals surface area contributed by atoms with Gasteiger partial charge in [-0.15, -0.1) is 0 Å². The number of aromatic nitrogens is 2. The highest BCUT2D eigenvalue weighted by Gasteiger charge is 2.16. The molecule has 1 aliphatic rings. The second kappa shape index (κ2) is 4.82. The molecule has 2 N–H and O–H groups in total. The number of ether oxygens (including phenoxy) is 1. The van der Waals surface area contributed by atoms with Crippen LogP contribution in [0.1, 0.15) is 32.1 Å². The van der Waals surface area contributed by atoms with Crippen molar-refractivity contribution in [3.05, 3.63) is 12.3 Å². The van der Waals surface area contributed by atoms with Crippen LogP contribution in [0.25, 0.3) is 0 Å². The Morgan fingerprint density at radius 3 is 3.07 bits per heavy atom. The second-order valence-corrected chi connectivity index (χ2v) is 3.74. The van der Waals surface area contributed by atoms with E-state index in [9.17, 15) is 4.79 Å². The number of nitrogens with zero attached hydrogens (tertiary/aromatic N) is 1. The van der Waals surface area contributed by atoms with Gasteiger partial charge in [-0.25, -0.2) is 9.89 Å². The summed E-state index contributed by atoms with van der Waals surface area (Å²) in [6, 6.07) is 1.69. The van der Waals surface area contributed by atoms with Gasteiger partial charge in [0, 0.05) is 12.1 Å². The number of hydrogen-bond donors (Lipinski definition) is 2. The summed E-state index contributed by atoms with van der Waals surface area (Å²) in [6.45, 7) is 0. The van der Waals surface area contributed by atoms with Gasteiger partial charge in [0.05, 0.1) is 6.20 Å². The average Bonchev–Trinajstić information content (AvgIpc) is 2.66. The lowest BCUT2D eigenvalue weighted by Crippen LogP contribution is -2.38. The zero-order valence-corrected chi connectivity index (χ0v) is 8.48. The van der Waals surface area contributed by atoms with Gasteiger partial charge < -0.3 is 10.1 Å². The van der Waals surface area contributed by atoms with Gasteiger partial charge in [-0.2, -0.15) is 5.10 Å². The Kier molecular flexibility index (Phi) is 2.81. The third-order valence-electron chi connectivity index (χ3n) is 2.56. The molecule has 5 nitrogen and oxygen atoms in total. The van der Waals surface area contributed by atoms with Gasteiger partial charge in [0.2, 0.25) is 5.88 Å². The molecule has 15 heavy (non-hydrogen) atoms. The molecule has 82 valence electrons. The van der Waals surface area contributed by atoms with Gasteiger partial charge in [-0.05, 0) is 12.8 Å². The number of carbonyl (C=O) groups is 1. The Labute approximate surface area is 89.7 Å². The van der Waals surface area contributed by atoms with Crippen molar-refractivity contribution in [2.45, 2.75) is 38.1 Å². The van der Waals surface area contributed by atoms with Crippen molar-refractivity contribution >= 4 is 6.09 Å². The lowest BCUT2D eigenvalue weighted by atomic mass is 9.96. The normalized spacial score (nSPS) is 18.3. The maximum absolute atomic E-state index is 11.5. The molecule has 0 aromatic carbocycles. The lowest BCUT2D eigenvalue weighted by Gasteiger charge is -2.21. The molecule has 1 aliphatic carbocycles. The van der Waals surface area contributed by atoms with Crippen LogP contribution < -0.4 is 10.1 Å². The summed E-state index contributed by atoms with van der Waals surface area (Å²) in [5, 5.41) is 7.17. The topological polar surface area (TPSA) is 67.0 Å². The first-order chi connectivity index (χ1) is 7.75. The fraction of sp³-hybridized carbons (Fsp3) is 0.600. The van der Waals surface area contributed by atoms with Crippen molar-refractivity contribution in [3.63, 3.8) is 0 Å². The minimum absolute atomic E-state index is 0.133. The first-order valence-electron chi connectivity index (χ1n) is 5.72. The standard InChI is InChI=1S/C10H15N3O2/c14-10(15-9-6-7-11-13-9)12-8-4-2-1-3-5-8/h6-8H,1-5H2,(H,11,13)(H,12,14)/i/hD. The first kappa shape index (κ1) is 8.76.